The van der Waals surface area contributed by atoms with Crippen LogP contribution < -0.4 is 4.74 Å². The average Bonchev–Trinajstić information content (AvgIpc) is 2.55. The Kier molecular flexibility index (Phi) is 6.70. The number of hydrogen-bond acceptors (Lipinski definition) is 3. The Bertz CT molecular complexity index is 560. The van der Waals surface area contributed by atoms with Crippen LogP contribution in [0.15, 0.2) is 54.6 Å². The Morgan fingerprint density at radius 1 is 0.952 bits per heavy atom. The van der Waals surface area contributed by atoms with Crippen LogP contribution in [0, 0.1) is 11.3 Å². The lowest BCUT2D eigenvalue weighted by Gasteiger charge is -2.06. The van der Waals surface area contributed by atoms with Gasteiger partial charge in [0.15, 0.2) is 0 Å². The second kappa shape index (κ2) is 9.10. The van der Waals surface area contributed by atoms with Gasteiger partial charge < -0.3 is 4.74 Å². The molecule has 0 aliphatic heterocycles. The Balaban J connectivity index is 1.53. The van der Waals surface area contributed by atoms with Gasteiger partial charge in [-0.25, -0.2) is 0 Å². The topological polar surface area (TPSA) is 33.0 Å². The molecule has 0 N–H and O–H groups in total. The summed E-state index contributed by atoms with van der Waals surface area (Å²) in [6, 6.07) is 19.9. The third-order valence-electron chi connectivity index (χ3n) is 3.08. The molecule has 0 amide bonds. The fourth-order valence-electron chi connectivity index (χ4n) is 1.97. The van der Waals surface area contributed by atoms with Gasteiger partial charge in [-0.15, -0.1) is 0 Å². The van der Waals surface area contributed by atoms with E-state index in [0.717, 1.165) is 23.7 Å². The van der Waals surface area contributed by atoms with Crippen molar-refractivity contribution in [3.63, 3.8) is 0 Å². The summed E-state index contributed by atoms with van der Waals surface area (Å²) in [5.74, 6) is 2.99. The minimum absolute atomic E-state index is 0.664. The maximum absolute atomic E-state index is 8.71. The van der Waals surface area contributed by atoms with Gasteiger partial charge in [0.25, 0.3) is 0 Å². The van der Waals surface area contributed by atoms with Gasteiger partial charge in [0.1, 0.15) is 5.75 Å². The summed E-state index contributed by atoms with van der Waals surface area (Å²) in [4.78, 5) is 0. The predicted octanol–water partition coefficient (Wildman–Crippen LogP) is 4.30. The molecule has 0 spiro atoms. The Labute approximate surface area is 130 Å². The van der Waals surface area contributed by atoms with E-state index in [0.29, 0.717) is 12.2 Å². The number of nitriles is 1. The van der Waals surface area contributed by atoms with Crippen LogP contribution in [-0.4, -0.2) is 18.1 Å². The van der Waals surface area contributed by atoms with E-state index in [9.17, 15) is 0 Å². The molecule has 0 aliphatic carbocycles. The van der Waals surface area contributed by atoms with Crippen LogP contribution in [0.3, 0.4) is 0 Å². The maximum atomic E-state index is 8.71. The first-order valence-corrected chi connectivity index (χ1v) is 8.28. The van der Waals surface area contributed by atoms with E-state index in [-0.39, 0.29) is 0 Å². The Hall–Kier alpha value is -1.92. The standard InChI is InChI=1S/C18H19NOS/c19-15-17-8-10-18(11-9-17)20-12-14-21-13-4-7-16-5-2-1-3-6-16/h1-3,5-6,8-11H,4,7,12-14H2. The van der Waals surface area contributed by atoms with Crippen molar-refractivity contribution in [2.75, 3.05) is 18.1 Å². The van der Waals surface area contributed by atoms with Crippen LogP contribution in [0.2, 0.25) is 0 Å². The van der Waals surface area contributed by atoms with E-state index in [1.807, 2.05) is 23.9 Å². The van der Waals surface area contributed by atoms with Gasteiger partial charge in [-0.1, -0.05) is 30.3 Å². The van der Waals surface area contributed by atoms with Gasteiger partial charge in [0, 0.05) is 5.75 Å². The molecule has 0 heterocycles. The summed E-state index contributed by atoms with van der Waals surface area (Å²) in [6.07, 6.45) is 2.34. The number of ether oxygens (including phenoxy) is 1. The highest BCUT2D eigenvalue weighted by atomic mass is 32.2. The van der Waals surface area contributed by atoms with Crippen LogP contribution in [0.1, 0.15) is 17.5 Å². The molecule has 2 aromatic rings. The minimum atomic E-state index is 0.664. The quantitative estimate of drug-likeness (QED) is 0.681. The van der Waals surface area contributed by atoms with Crippen molar-refractivity contribution in [1.29, 1.82) is 5.26 Å². The number of thioether (sulfide) groups is 1. The molecule has 0 bridgehead atoms. The van der Waals surface area contributed by atoms with E-state index in [4.69, 9.17) is 10.00 Å². The highest BCUT2D eigenvalue weighted by molar-refractivity contribution is 7.99. The highest BCUT2D eigenvalue weighted by Crippen LogP contribution is 2.13. The molecule has 108 valence electrons. The average molecular weight is 297 g/mol. The van der Waals surface area contributed by atoms with Crippen molar-refractivity contribution < 1.29 is 4.74 Å². The van der Waals surface area contributed by atoms with Crippen LogP contribution in [0.5, 0.6) is 5.75 Å². The first-order valence-electron chi connectivity index (χ1n) is 7.13. The third-order valence-corrected chi connectivity index (χ3v) is 4.11. The lowest BCUT2D eigenvalue weighted by Crippen LogP contribution is -2.01. The van der Waals surface area contributed by atoms with Gasteiger partial charge in [-0.3, -0.25) is 0 Å². The second-order valence-corrected chi connectivity index (χ2v) is 5.91. The van der Waals surface area contributed by atoms with E-state index in [2.05, 4.69) is 36.4 Å². The molecule has 2 rings (SSSR count). The largest absolute Gasteiger partial charge is 0.493 e. The van der Waals surface area contributed by atoms with Gasteiger partial charge >= 0.3 is 0 Å². The number of aryl methyl sites for hydroxylation is 1. The number of hydrogen-bond donors (Lipinski definition) is 0. The summed E-state index contributed by atoms with van der Waals surface area (Å²) < 4.78 is 5.64. The summed E-state index contributed by atoms with van der Waals surface area (Å²) in [5, 5.41) is 8.71. The number of benzene rings is 2. The summed E-state index contributed by atoms with van der Waals surface area (Å²) >= 11 is 1.92. The molecule has 0 unspecified atom stereocenters. The van der Waals surface area contributed by atoms with Crippen molar-refractivity contribution in [2.45, 2.75) is 12.8 Å². The maximum Gasteiger partial charge on any atom is 0.119 e. The molecular formula is C18H19NOS. The molecule has 21 heavy (non-hydrogen) atoms. The smallest absolute Gasteiger partial charge is 0.119 e. The Morgan fingerprint density at radius 3 is 2.43 bits per heavy atom. The second-order valence-electron chi connectivity index (χ2n) is 4.69. The van der Waals surface area contributed by atoms with E-state index in [1.54, 1.807) is 12.1 Å². The molecular weight excluding hydrogens is 278 g/mol. The molecule has 0 fully saturated rings. The molecule has 0 aromatic heterocycles. The SMILES string of the molecule is N#Cc1ccc(OCCSCCCc2ccccc2)cc1. The number of rotatable bonds is 8. The van der Waals surface area contributed by atoms with Gasteiger partial charge in [-0.2, -0.15) is 17.0 Å². The molecule has 2 nitrogen and oxygen atoms in total. The van der Waals surface area contributed by atoms with Crippen molar-refractivity contribution in [1.82, 2.24) is 0 Å². The van der Waals surface area contributed by atoms with Crippen LogP contribution >= 0.6 is 11.8 Å². The summed E-state index contributed by atoms with van der Waals surface area (Å²) in [7, 11) is 0. The van der Waals surface area contributed by atoms with Crippen molar-refractivity contribution in [2.24, 2.45) is 0 Å². The molecule has 0 aliphatic rings. The highest BCUT2D eigenvalue weighted by Gasteiger charge is 1.96. The lowest BCUT2D eigenvalue weighted by molar-refractivity contribution is 0.344. The zero-order valence-electron chi connectivity index (χ0n) is 12.0. The first kappa shape index (κ1) is 15.5. The fourth-order valence-corrected chi connectivity index (χ4v) is 2.72. The van der Waals surface area contributed by atoms with Crippen molar-refractivity contribution in [3.8, 4) is 11.8 Å². The lowest BCUT2D eigenvalue weighted by atomic mass is 10.1. The summed E-state index contributed by atoms with van der Waals surface area (Å²) in [5.41, 5.74) is 2.07. The van der Waals surface area contributed by atoms with Gasteiger partial charge in [0.05, 0.1) is 18.2 Å². The van der Waals surface area contributed by atoms with E-state index >= 15 is 0 Å². The molecule has 0 saturated carbocycles. The van der Waals surface area contributed by atoms with Crippen molar-refractivity contribution >= 4 is 11.8 Å². The monoisotopic (exact) mass is 297 g/mol. The van der Waals surface area contributed by atoms with Crippen LogP contribution in [0.4, 0.5) is 0 Å². The Morgan fingerprint density at radius 2 is 1.71 bits per heavy atom. The summed E-state index contributed by atoms with van der Waals surface area (Å²) in [6.45, 7) is 0.710. The van der Waals surface area contributed by atoms with Crippen LogP contribution in [-0.2, 0) is 6.42 Å². The normalized spacial score (nSPS) is 10.0. The van der Waals surface area contributed by atoms with E-state index < -0.39 is 0 Å². The zero-order valence-corrected chi connectivity index (χ0v) is 12.8. The predicted molar refractivity (Wildman–Crippen MR) is 88.7 cm³/mol. The number of nitrogens with zero attached hydrogens (tertiary/aromatic N) is 1. The van der Waals surface area contributed by atoms with Crippen molar-refractivity contribution in [3.05, 3.63) is 65.7 Å². The first-order chi connectivity index (χ1) is 10.4. The molecule has 0 radical (unpaired) electrons. The van der Waals surface area contributed by atoms with Gasteiger partial charge in [-0.05, 0) is 48.4 Å². The molecule has 3 heteroatoms. The molecule has 2 aromatic carbocycles. The van der Waals surface area contributed by atoms with Gasteiger partial charge in [0.2, 0.25) is 0 Å². The molecule has 0 atom stereocenters. The van der Waals surface area contributed by atoms with E-state index in [1.165, 1.54) is 12.0 Å². The van der Waals surface area contributed by atoms with Crippen LogP contribution in [0.25, 0.3) is 0 Å². The zero-order chi connectivity index (χ0) is 14.8. The third kappa shape index (κ3) is 5.93. The minimum Gasteiger partial charge on any atom is -0.493 e. The fraction of sp³-hybridized carbons (Fsp3) is 0.278. The molecule has 0 saturated heterocycles.